The molecule has 198 valence electrons. The fraction of sp³-hybridized carbons (Fsp3) is 0.379. The number of nitro benzene ring substituents is 1. The molecule has 3 heterocycles. The van der Waals surface area contributed by atoms with Crippen molar-refractivity contribution in [3.8, 4) is 0 Å². The van der Waals surface area contributed by atoms with E-state index in [1.807, 2.05) is 23.2 Å². The normalized spacial score (nSPS) is 19.7. The van der Waals surface area contributed by atoms with Gasteiger partial charge >= 0.3 is 0 Å². The van der Waals surface area contributed by atoms with Crippen LogP contribution in [0.3, 0.4) is 0 Å². The van der Waals surface area contributed by atoms with Crippen molar-refractivity contribution in [2.75, 3.05) is 32.7 Å². The first kappa shape index (κ1) is 26.1. The molecule has 2 aliphatic rings. The number of rotatable bonds is 6. The van der Waals surface area contributed by atoms with Gasteiger partial charge in [0.2, 0.25) is 5.91 Å². The number of non-ortho nitro benzene ring substituents is 1. The van der Waals surface area contributed by atoms with Gasteiger partial charge in [0.15, 0.2) is 0 Å². The fourth-order valence-corrected chi connectivity index (χ4v) is 6.55. The zero-order chi connectivity index (χ0) is 26.8. The van der Waals surface area contributed by atoms with Crippen molar-refractivity contribution < 1.29 is 14.5 Å². The van der Waals surface area contributed by atoms with Gasteiger partial charge < -0.3 is 9.80 Å². The molecule has 0 spiro atoms. The zero-order valence-corrected chi connectivity index (χ0v) is 22.5. The Labute approximate surface area is 226 Å². The Hall–Kier alpha value is -3.56. The lowest BCUT2D eigenvalue weighted by atomic mass is 9.90. The highest BCUT2D eigenvalue weighted by Gasteiger charge is 2.33. The Morgan fingerprint density at radius 1 is 1.03 bits per heavy atom. The molecule has 3 aromatic rings. The molecule has 0 aliphatic carbocycles. The number of carbonyl (C=O) groups excluding carboxylic acids is 2. The quantitative estimate of drug-likeness (QED) is 0.340. The van der Waals surface area contributed by atoms with E-state index in [0.29, 0.717) is 38.2 Å². The third-order valence-electron chi connectivity index (χ3n) is 7.73. The molecule has 1 fully saturated rings. The summed E-state index contributed by atoms with van der Waals surface area (Å²) in [6, 6.07) is 16.4. The van der Waals surface area contributed by atoms with E-state index in [4.69, 9.17) is 0 Å². The summed E-state index contributed by atoms with van der Waals surface area (Å²) >= 11 is 1.82. The summed E-state index contributed by atoms with van der Waals surface area (Å²) in [5, 5.41) is 13.1. The first-order valence-electron chi connectivity index (χ1n) is 13.0. The van der Waals surface area contributed by atoms with Crippen LogP contribution in [0.5, 0.6) is 0 Å². The monoisotopic (exact) mass is 532 g/mol. The number of hydrogen-bond donors (Lipinski definition) is 0. The lowest BCUT2D eigenvalue weighted by Crippen LogP contribution is -2.55. The summed E-state index contributed by atoms with van der Waals surface area (Å²) in [7, 11) is 0. The minimum atomic E-state index is -0.479. The Morgan fingerprint density at radius 2 is 1.79 bits per heavy atom. The number of nitro groups is 1. The van der Waals surface area contributed by atoms with E-state index >= 15 is 0 Å². The van der Waals surface area contributed by atoms with Crippen LogP contribution in [0.15, 0.2) is 60.0 Å². The predicted molar refractivity (Wildman–Crippen MR) is 147 cm³/mol. The van der Waals surface area contributed by atoms with E-state index in [2.05, 4.69) is 47.5 Å². The average Bonchev–Trinajstić information content (AvgIpc) is 3.40. The third-order valence-corrected chi connectivity index (χ3v) is 8.72. The van der Waals surface area contributed by atoms with Crippen LogP contribution in [0.1, 0.15) is 51.3 Å². The smallest absolute Gasteiger partial charge is 0.269 e. The van der Waals surface area contributed by atoms with Gasteiger partial charge in [-0.15, -0.1) is 11.3 Å². The lowest BCUT2D eigenvalue weighted by molar-refractivity contribution is -0.384. The van der Waals surface area contributed by atoms with E-state index < -0.39 is 4.92 Å². The van der Waals surface area contributed by atoms with E-state index in [1.165, 1.54) is 45.8 Å². The van der Waals surface area contributed by atoms with E-state index in [-0.39, 0.29) is 29.6 Å². The molecular weight excluding hydrogens is 500 g/mol. The highest BCUT2D eigenvalue weighted by molar-refractivity contribution is 7.10. The Bertz CT molecular complexity index is 1340. The minimum Gasteiger partial charge on any atom is -0.339 e. The number of piperazine rings is 1. The number of carbonyl (C=O) groups is 2. The predicted octanol–water partition coefficient (Wildman–Crippen LogP) is 4.68. The lowest BCUT2D eigenvalue weighted by Gasteiger charge is -2.41. The molecule has 1 aromatic heterocycles. The van der Waals surface area contributed by atoms with Crippen LogP contribution >= 0.6 is 11.3 Å². The van der Waals surface area contributed by atoms with Crippen LogP contribution in [-0.4, -0.2) is 70.2 Å². The number of hydrogen-bond acceptors (Lipinski definition) is 6. The van der Waals surface area contributed by atoms with Gasteiger partial charge in [0.05, 0.1) is 11.0 Å². The molecular formula is C29H32N4O4S. The SMILES string of the molecule is Cc1ccccc1[C@H]1c2ccsc2CCN1CCC(=O)N1CCN(C(=O)c2ccc([N+](=O)[O-])cc2)[C@H](C)C1. The molecule has 2 aliphatic heterocycles. The second-order valence-electron chi connectivity index (χ2n) is 10.1. The maximum Gasteiger partial charge on any atom is 0.269 e. The van der Waals surface area contributed by atoms with Gasteiger partial charge in [-0.1, -0.05) is 24.3 Å². The topological polar surface area (TPSA) is 87.0 Å². The van der Waals surface area contributed by atoms with Crippen LogP contribution in [0.25, 0.3) is 0 Å². The van der Waals surface area contributed by atoms with Gasteiger partial charge in [0, 0.05) is 67.8 Å². The molecule has 0 radical (unpaired) electrons. The highest BCUT2D eigenvalue weighted by atomic mass is 32.1. The number of thiophene rings is 1. The van der Waals surface area contributed by atoms with Crippen molar-refractivity contribution in [2.45, 2.75) is 38.8 Å². The Kier molecular flexibility index (Phi) is 7.58. The standard InChI is InChI=1S/C29H32N4O4S/c1-20-5-3-4-6-24(20)28-25-13-18-38-26(25)11-14-30(28)15-12-27(34)31-16-17-32(21(2)19-31)29(35)22-7-9-23(10-8-22)33(36)37/h3-10,13,18,21,28H,11-12,14-17,19H2,1-2H3/t21-,28+/m1/s1. The van der Waals surface area contributed by atoms with Crippen LogP contribution in [0.2, 0.25) is 0 Å². The Balaban J connectivity index is 1.21. The zero-order valence-electron chi connectivity index (χ0n) is 21.7. The summed E-state index contributed by atoms with van der Waals surface area (Å²) in [4.78, 5) is 44.2. The molecule has 0 saturated carbocycles. The first-order valence-corrected chi connectivity index (χ1v) is 13.9. The van der Waals surface area contributed by atoms with Gasteiger partial charge in [-0.05, 0) is 60.5 Å². The summed E-state index contributed by atoms with van der Waals surface area (Å²) < 4.78 is 0. The van der Waals surface area contributed by atoms with Gasteiger partial charge in [-0.2, -0.15) is 0 Å². The van der Waals surface area contributed by atoms with E-state index in [1.54, 1.807) is 4.90 Å². The summed E-state index contributed by atoms with van der Waals surface area (Å²) in [6.07, 6.45) is 1.44. The molecule has 2 amide bonds. The third kappa shape index (κ3) is 5.21. The van der Waals surface area contributed by atoms with Crippen molar-refractivity contribution in [2.24, 2.45) is 0 Å². The molecule has 9 heteroatoms. The molecule has 0 unspecified atom stereocenters. The highest BCUT2D eigenvalue weighted by Crippen LogP contribution is 2.39. The fourth-order valence-electron chi connectivity index (χ4n) is 5.64. The second-order valence-corrected chi connectivity index (χ2v) is 11.1. The summed E-state index contributed by atoms with van der Waals surface area (Å²) in [5.41, 5.74) is 4.29. The van der Waals surface area contributed by atoms with E-state index in [9.17, 15) is 19.7 Å². The van der Waals surface area contributed by atoms with Crippen LogP contribution < -0.4 is 0 Å². The molecule has 0 bridgehead atoms. The van der Waals surface area contributed by atoms with Crippen molar-refractivity contribution in [3.05, 3.63) is 97.2 Å². The first-order chi connectivity index (χ1) is 18.3. The number of fused-ring (bicyclic) bond motifs is 1. The van der Waals surface area contributed by atoms with E-state index in [0.717, 1.165) is 13.0 Å². The van der Waals surface area contributed by atoms with Crippen molar-refractivity contribution >= 4 is 28.8 Å². The van der Waals surface area contributed by atoms with Crippen molar-refractivity contribution in [1.29, 1.82) is 0 Å². The van der Waals surface area contributed by atoms with Gasteiger partial charge in [0.1, 0.15) is 0 Å². The number of nitrogens with zero attached hydrogens (tertiary/aromatic N) is 4. The molecule has 8 nitrogen and oxygen atoms in total. The average molecular weight is 533 g/mol. The van der Waals surface area contributed by atoms with Gasteiger partial charge in [-0.3, -0.25) is 24.6 Å². The number of amides is 2. The second kappa shape index (κ2) is 11.0. The number of aryl methyl sites for hydroxylation is 1. The minimum absolute atomic E-state index is 0.0430. The molecule has 2 atom stereocenters. The van der Waals surface area contributed by atoms with Crippen LogP contribution in [-0.2, 0) is 11.2 Å². The molecule has 5 rings (SSSR count). The van der Waals surface area contributed by atoms with Crippen molar-refractivity contribution in [1.82, 2.24) is 14.7 Å². The largest absolute Gasteiger partial charge is 0.339 e. The maximum atomic E-state index is 13.3. The maximum absolute atomic E-state index is 13.3. The number of benzene rings is 2. The van der Waals surface area contributed by atoms with Gasteiger partial charge in [-0.25, -0.2) is 0 Å². The van der Waals surface area contributed by atoms with Crippen LogP contribution in [0.4, 0.5) is 5.69 Å². The summed E-state index contributed by atoms with van der Waals surface area (Å²) in [6.45, 7) is 7.11. The molecule has 1 saturated heterocycles. The Morgan fingerprint density at radius 3 is 2.50 bits per heavy atom. The molecule has 38 heavy (non-hydrogen) atoms. The van der Waals surface area contributed by atoms with Crippen molar-refractivity contribution in [3.63, 3.8) is 0 Å². The summed E-state index contributed by atoms with van der Waals surface area (Å²) in [5.74, 6) is -0.0561. The van der Waals surface area contributed by atoms with Gasteiger partial charge in [0.25, 0.3) is 11.6 Å². The van der Waals surface area contributed by atoms with Crippen LogP contribution in [0, 0.1) is 17.0 Å². The molecule has 2 aromatic carbocycles. The molecule has 0 N–H and O–H groups in total.